The van der Waals surface area contributed by atoms with E-state index in [1.165, 1.54) is 44.9 Å². The molecule has 0 radical (unpaired) electrons. The van der Waals surface area contributed by atoms with Gasteiger partial charge in [0.2, 0.25) is 5.91 Å². The monoisotopic (exact) mass is 497 g/mol. The highest BCUT2D eigenvalue weighted by atomic mass is 16.2. The Morgan fingerprint density at radius 1 is 1.08 bits per heavy atom. The van der Waals surface area contributed by atoms with Crippen LogP contribution in [0.25, 0.3) is 10.9 Å². The molecule has 5 aliphatic rings. The molecule has 2 atom stereocenters. The first-order valence-corrected chi connectivity index (χ1v) is 13.7. The Morgan fingerprint density at radius 2 is 1.89 bits per heavy atom. The molecule has 3 heterocycles. The van der Waals surface area contributed by atoms with Crippen LogP contribution in [0.2, 0.25) is 0 Å². The lowest BCUT2D eigenvalue weighted by Crippen LogP contribution is -2.55. The van der Waals surface area contributed by atoms with Gasteiger partial charge in [0, 0.05) is 35.8 Å². The van der Waals surface area contributed by atoms with Crippen molar-refractivity contribution in [3.63, 3.8) is 0 Å². The summed E-state index contributed by atoms with van der Waals surface area (Å²) < 4.78 is 0. The van der Waals surface area contributed by atoms with E-state index >= 15 is 0 Å². The summed E-state index contributed by atoms with van der Waals surface area (Å²) in [7, 11) is 0. The quantitative estimate of drug-likeness (QED) is 0.499. The molecule has 0 spiro atoms. The highest BCUT2D eigenvalue weighted by molar-refractivity contribution is 5.98. The highest BCUT2D eigenvalue weighted by Crippen LogP contribution is 2.70. The summed E-state index contributed by atoms with van der Waals surface area (Å²) in [6.07, 6.45) is 12.1. The maximum atomic E-state index is 13.4. The number of hydrogen-bond donors (Lipinski definition) is 2. The van der Waals surface area contributed by atoms with E-state index in [1.807, 2.05) is 35.4 Å². The van der Waals surface area contributed by atoms with Crippen LogP contribution in [-0.2, 0) is 17.8 Å². The number of carbonyl (C=O) groups is 2. The zero-order chi connectivity index (χ0) is 25.4. The molecular weight excluding hydrogens is 462 g/mol. The molecule has 37 heavy (non-hydrogen) atoms. The minimum Gasteiger partial charge on any atom is -0.361 e. The maximum Gasteiger partial charge on any atom is 0.254 e. The highest BCUT2D eigenvalue weighted by Gasteiger charge is 2.60. The van der Waals surface area contributed by atoms with Crippen LogP contribution >= 0.6 is 0 Å². The Bertz CT molecular complexity index is 1410. The van der Waals surface area contributed by atoms with Gasteiger partial charge in [0.15, 0.2) is 0 Å². The molecule has 8 rings (SSSR count). The van der Waals surface area contributed by atoms with Crippen LogP contribution in [0.3, 0.4) is 0 Å². The van der Waals surface area contributed by atoms with Gasteiger partial charge in [-0.2, -0.15) is 0 Å². The number of fused-ring (bicyclic) bond motifs is 2. The standard InChI is InChI=1S/C30H35N5O2/c1-28-10-19-11-29(2,15-28)17-30(12-19,16-28)13-25(36)34-26-22-6-8-35(14-24(22)32-18-33-26)27(37)21-4-3-20-5-7-31-23(20)9-21/h3-5,7,9,18-19,31H,6,8,10-17H2,1-2H3,(H,32,33,34,36). The van der Waals surface area contributed by atoms with Crippen molar-refractivity contribution in [2.45, 2.75) is 71.8 Å². The third-order valence-corrected chi connectivity index (χ3v) is 9.63. The molecular formula is C30H35N5O2. The number of H-pyrrole nitrogens is 1. The largest absolute Gasteiger partial charge is 0.361 e. The SMILES string of the molecule is CC12CC3CC(C)(C1)CC(CC(=O)Nc1ncnc4c1CCN(C(=O)c1ccc5cc[nH]c5c1)C4)(C3)C2. The zero-order valence-electron chi connectivity index (χ0n) is 21.8. The number of aromatic nitrogens is 3. The molecule has 0 saturated heterocycles. The molecule has 1 aromatic carbocycles. The number of anilines is 1. The van der Waals surface area contributed by atoms with E-state index in [2.05, 4.69) is 34.1 Å². The Hall–Kier alpha value is -3.22. The van der Waals surface area contributed by atoms with E-state index in [0.717, 1.165) is 28.1 Å². The molecule has 7 heteroatoms. The summed E-state index contributed by atoms with van der Waals surface area (Å²) in [5, 5.41) is 4.25. The molecule has 4 fully saturated rings. The van der Waals surface area contributed by atoms with Gasteiger partial charge in [-0.1, -0.05) is 19.9 Å². The molecule has 2 N–H and O–H groups in total. The fraction of sp³-hybridized carbons (Fsp3) is 0.533. The van der Waals surface area contributed by atoms with Gasteiger partial charge < -0.3 is 15.2 Å². The number of hydrogen-bond acceptors (Lipinski definition) is 4. The summed E-state index contributed by atoms with van der Waals surface area (Å²) in [4.78, 5) is 40.6. The van der Waals surface area contributed by atoms with Crippen molar-refractivity contribution in [1.82, 2.24) is 19.9 Å². The van der Waals surface area contributed by atoms with E-state index in [9.17, 15) is 9.59 Å². The number of nitrogens with zero attached hydrogens (tertiary/aromatic N) is 3. The lowest BCUT2D eigenvalue weighted by molar-refractivity contribution is -0.153. The molecule has 4 saturated carbocycles. The van der Waals surface area contributed by atoms with Crippen LogP contribution in [0.1, 0.15) is 80.4 Å². The number of amides is 2. The normalized spacial score (nSPS) is 31.9. The molecule has 2 unspecified atom stereocenters. The second-order valence-electron chi connectivity index (χ2n) is 13.3. The van der Waals surface area contributed by atoms with Crippen LogP contribution in [0, 0.1) is 22.2 Å². The first-order valence-electron chi connectivity index (χ1n) is 13.7. The minimum atomic E-state index is -0.00449. The Labute approximate surface area is 217 Å². The molecule has 4 bridgehead atoms. The molecule has 7 nitrogen and oxygen atoms in total. The molecule has 3 aromatic rings. The van der Waals surface area contributed by atoms with Crippen LogP contribution in [0.5, 0.6) is 0 Å². The summed E-state index contributed by atoms with van der Waals surface area (Å²) in [6.45, 7) is 5.90. The summed E-state index contributed by atoms with van der Waals surface area (Å²) in [6, 6.07) is 7.75. The van der Waals surface area contributed by atoms with E-state index < -0.39 is 0 Å². The van der Waals surface area contributed by atoms with Crippen molar-refractivity contribution in [3.05, 3.63) is 53.6 Å². The summed E-state index contributed by atoms with van der Waals surface area (Å²) in [5.41, 5.74) is 4.32. The second kappa shape index (κ2) is 7.89. The van der Waals surface area contributed by atoms with Crippen LogP contribution in [0.4, 0.5) is 5.82 Å². The molecule has 1 aliphatic heterocycles. The number of nitrogens with one attached hydrogen (secondary N) is 2. The third-order valence-electron chi connectivity index (χ3n) is 9.63. The Kier molecular flexibility index (Phi) is 4.89. The maximum absolute atomic E-state index is 13.4. The first-order chi connectivity index (χ1) is 17.7. The molecule has 192 valence electrons. The van der Waals surface area contributed by atoms with Crippen molar-refractivity contribution in [3.8, 4) is 0 Å². The zero-order valence-corrected chi connectivity index (χ0v) is 21.8. The lowest BCUT2D eigenvalue weighted by Gasteiger charge is -2.65. The van der Waals surface area contributed by atoms with E-state index in [0.29, 0.717) is 48.1 Å². The minimum absolute atomic E-state index is 0.00449. The smallest absolute Gasteiger partial charge is 0.254 e. The second-order valence-corrected chi connectivity index (χ2v) is 13.3. The average Bonchev–Trinajstić information content (AvgIpc) is 3.28. The van der Waals surface area contributed by atoms with Gasteiger partial charge >= 0.3 is 0 Å². The van der Waals surface area contributed by atoms with E-state index in [1.54, 1.807) is 0 Å². The van der Waals surface area contributed by atoms with Gasteiger partial charge in [-0.25, -0.2) is 9.97 Å². The van der Waals surface area contributed by atoms with Gasteiger partial charge in [-0.05, 0) is 90.7 Å². The average molecular weight is 498 g/mol. The number of aromatic amines is 1. The lowest BCUT2D eigenvalue weighted by atomic mass is 9.40. The van der Waals surface area contributed by atoms with Gasteiger partial charge in [0.25, 0.3) is 5.91 Å². The molecule has 2 aromatic heterocycles. The fourth-order valence-corrected chi connectivity index (χ4v) is 9.40. The summed E-state index contributed by atoms with van der Waals surface area (Å²) in [5.74, 6) is 1.46. The van der Waals surface area contributed by atoms with E-state index in [4.69, 9.17) is 0 Å². The molecule has 2 amide bonds. The number of carbonyl (C=O) groups excluding carboxylic acids is 2. The number of rotatable bonds is 4. The molecule has 4 aliphatic carbocycles. The van der Waals surface area contributed by atoms with Crippen molar-refractivity contribution >= 4 is 28.5 Å². The Balaban J connectivity index is 1.06. The van der Waals surface area contributed by atoms with Crippen LogP contribution in [-0.4, -0.2) is 38.2 Å². The van der Waals surface area contributed by atoms with Gasteiger partial charge in [0.1, 0.15) is 12.1 Å². The predicted octanol–water partition coefficient (Wildman–Crippen LogP) is 5.48. The van der Waals surface area contributed by atoms with Crippen LogP contribution in [0.15, 0.2) is 36.8 Å². The van der Waals surface area contributed by atoms with E-state index in [-0.39, 0.29) is 17.2 Å². The van der Waals surface area contributed by atoms with Gasteiger partial charge in [-0.3, -0.25) is 9.59 Å². The van der Waals surface area contributed by atoms with Gasteiger partial charge in [0.05, 0.1) is 12.2 Å². The van der Waals surface area contributed by atoms with Gasteiger partial charge in [-0.15, -0.1) is 0 Å². The number of benzene rings is 1. The predicted molar refractivity (Wildman–Crippen MR) is 142 cm³/mol. The first kappa shape index (κ1) is 22.9. The summed E-state index contributed by atoms with van der Waals surface area (Å²) >= 11 is 0. The third kappa shape index (κ3) is 3.94. The topological polar surface area (TPSA) is 91.0 Å². The van der Waals surface area contributed by atoms with Crippen molar-refractivity contribution < 1.29 is 9.59 Å². The Morgan fingerprint density at radius 3 is 2.68 bits per heavy atom. The van der Waals surface area contributed by atoms with Crippen molar-refractivity contribution in [2.24, 2.45) is 22.2 Å². The van der Waals surface area contributed by atoms with Crippen molar-refractivity contribution in [1.29, 1.82) is 0 Å². The van der Waals surface area contributed by atoms with Crippen LogP contribution < -0.4 is 5.32 Å². The van der Waals surface area contributed by atoms with Crippen molar-refractivity contribution in [2.75, 3.05) is 11.9 Å². The fourth-order valence-electron chi connectivity index (χ4n) is 9.40.